The van der Waals surface area contributed by atoms with E-state index >= 15 is 0 Å². The van der Waals surface area contributed by atoms with Gasteiger partial charge in [-0.1, -0.05) is 15.9 Å². The number of nitrogens with two attached hydrogens (primary N) is 1. The monoisotopic (exact) mass is 350 g/mol. The number of rotatable bonds is 7. The normalized spacial score (nSPS) is 11.8. The molecule has 0 atom stereocenters. The summed E-state index contributed by atoms with van der Waals surface area (Å²) < 4.78 is 32.3. The van der Waals surface area contributed by atoms with Gasteiger partial charge < -0.3 is 10.5 Å². The average Bonchev–Trinajstić information content (AvgIpc) is 2.38. The first-order valence-electron chi connectivity index (χ1n) is 6.02. The number of halogens is 1. The lowest BCUT2D eigenvalue weighted by atomic mass is 10.3. The molecule has 0 unspecified atom stereocenters. The first kappa shape index (κ1) is 16.4. The van der Waals surface area contributed by atoms with E-state index in [9.17, 15) is 8.42 Å². The van der Waals surface area contributed by atoms with Crippen LogP contribution in [0.1, 0.15) is 13.3 Å². The maximum absolute atomic E-state index is 12.5. The molecule has 19 heavy (non-hydrogen) atoms. The molecule has 0 saturated heterocycles. The standard InChI is InChI=1S/C12H19BrN2O3S/c1-3-18-11-6-5-10(13)9-12(11)19(16,17)15(2)8-4-7-14/h5-6,9H,3-4,7-8,14H2,1-2H3. The van der Waals surface area contributed by atoms with Crippen molar-refractivity contribution >= 4 is 26.0 Å². The van der Waals surface area contributed by atoms with Gasteiger partial charge in [0.05, 0.1) is 6.61 Å². The van der Waals surface area contributed by atoms with Gasteiger partial charge in [-0.15, -0.1) is 0 Å². The topological polar surface area (TPSA) is 72.6 Å². The van der Waals surface area contributed by atoms with Crippen LogP contribution in [-0.2, 0) is 10.0 Å². The van der Waals surface area contributed by atoms with Gasteiger partial charge in [0.1, 0.15) is 10.6 Å². The first-order chi connectivity index (χ1) is 8.93. The zero-order valence-corrected chi connectivity index (χ0v) is 13.5. The van der Waals surface area contributed by atoms with E-state index in [1.807, 2.05) is 6.92 Å². The second-order valence-corrected chi connectivity index (χ2v) is 6.92. The summed E-state index contributed by atoms with van der Waals surface area (Å²) in [5, 5.41) is 0. The second-order valence-electron chi connectivity index (χ2n) is 3.99. The molecular formula is C12H19BrN2O3S. The van der Waals surface area contributed by atoms with Crippen molar-refractivity contribution in [3.63, 3.8) is 0 Å². The van der Waals surface area contributed by atoms with E-state index in [0.717, 1.165) is 0 Å². The summed E-state index contributed by atoms with van der Waals surface area (Å²) in [7, 11) is -2.02. The molecule has 5 nitrogen and oxygen atoms in total. The third-order valence-corrected chi connectivity index (χ3v) is 4.94. The van der Waals surface area contributed by atoms with Gasteiger partial charge in [0.2, 0.25) is 10.0 Å². The van der Waals surface area contributed by atoms with Gasteiger partial charge in [0, 0.05) is 18.1 Å². The molecule has 0 aliphatic rings. The molecule has 0 heterocycles. The fourth-order valence-electron chi connectivity index (χ4n) is 1.56. The molecular weight excluding hydrogens is 332 g/mol. The molecule has 0 aromatic heterocycles. The van der Waals surface area contributed by atoms with Crippen molar-refractivity contribution in [2.45, 2.75) is 18.2 Å². The number of ether oxygens (including phenoxy) is 1. The highest BCUT2D eigenvalue weighted by atomic mass is 79.9. The van der Waals surface area contributed by atoms with Crippen LogP contribution in [0.4, 0.5) is 0 Å². The van der Waals surface area contributed by atoms with Gasteiger partial charge in [0.25, 0.3) is 0 Å². The fraction of sp³-hybridized carbons (Fsp3) is 0.500. The largest absolute Gasteiger partial charge is 0.492 e. The number of hydrogen-bond donors (Lipinski definition) is 1. The van der Waals surface area contributed by atoms with Crippen LogP contribution in [0.2, 0.25) is 0 Å². The van der Waals surface area contributed by atoms with Crippen LogP contribution < -0.4 is 10.5 Å². The molecule has 1 rings (SSSR count). The van der Waals surface area contributed by atoms with Crippen molar-refractivity contribution in [3.05, 3.63) is 22.7 Å². The Morgan fingerprint density at radius 1 is 1.42 bits per heavy atom. The third kappa shape index (κ3) is 4.17. The predicted molar refractivity (Wildman–Crippen MR) is 78.8 cm³/mol. The molecule has 0 aliphatic heterocycles. The van der Waals surface area contributed by atoms with Crippen molar-refractivity contribution in [3.8, 4) is 5.75 Å². The Hall–Kier alpha value is -0.630. The van der Waals surface area contributed by atoms with Gasteiger partial charge in [-0.3, -0.25) is 0 Å². The van der Waals surface area contributed by atoms with Crippen LogP contribution in [0.15, 0.2) is 27.6 Å². The maximum atomic E-state index is 12.5. The van der Waals surface area contributed by atoms with Gasteiger partial charge >= 0.3 is 0 Å². The molecule has 7 heteroatoms. The molecule has 0 bridgehead atoms. The van der Waals surface area contributed by atoms with E-state index in [1.54, 1.807) is 25.2 Å². The maximum Gasteiger partial charge on any atom is 0.246 e. The van der Waals surface area contributed by atoms with E-state index in [2.05, 4.69) is 15.9 Å². The zero-order valence-electron chi connectivity index (χ0n) is 11.1. The Balaban J connectivity index is 3.15. The average molecular weight is 351 g/mol. The highest BCUT2D eigenvalue weighted by Gasteiger charge is 2.24. The Kier molecular flexibility index (Phi) is 6.25. The highest BCUT2D eigenvalue weighted by Crippen LogP contribution is 2.29. The van der Waals surface area contributed by atoms with Crippen LogP contribution in [-0.4, -0.2) is 39.5 Å². The molecule has 0 amide bonds. The molecule has 1 aromatic carbocycles. The van der Waals surface area contributed by atoms with Gasteiger partial charge in [-0.2, -0.15) is 0 Å². The number of benzene rings is 1. The summed E-state index contributed by atoms with van der Waals surface area (Å²) in [6.45, 7) is 3.07. The lowest BCUT2D eigenvalue weighted by Gasteiger charge is -2.19. The van der Waals surface area contributed by atoms with Gasteiger partial charge in [-0.25, -0.2) is 12.7 Å². The first-order valence-corrected chi connectivity index (χ1v) is 8.25. The third-order valence-electron chi connectivity index (χ3n) is 2.57. The Morgan fingerprint density at radius 2 is 2.11 bits per heavy atom. The molecule has 0 aliphatic carbocycles. The van der Waals surface area contributed by atoms with Crippen LogP contribution in [0.5, 0.6) is 5.75 Å². The SMILES string of the molecule is CCOc1ccc(Br)cc1S(=O)(=O)N(C)CCCN. The van der Waals surface area contributed by atoms with Crippen LogP contribution >= 0.6 is 15.9 Å². The molecule has 0 saturated carbocycles. The minimum absolute atomic E-state index is 0.170. The van der Waals surface area contributed by atoms with Crippen LogP contribution in [0, 0.1) is 0 Å². The van der Waals surface area contributed by atoms with Crippen molar-refractivity contribution in [2.24, 2.45) is 5.73 Å². The van der Waals surface area contributed by atoms with Crippen LogP contribution in [0.3, 0.4) is 0 Å². The number of nitrogens with zero attached hydrogens (tertiary/aromatic N) is 1. The Labute approximate surface area is 122 Å². The van der Waals surface area contributed by atoms with Crippen molar-refractivity contribution in [1.29, 1.82) is 0 Å². The summed E-state index contributed by atoms with van der Waals surface area (Å²) in [4.78, 5) is 0.170. The lowest BCUT2D eigenvalue weighted by Crippen LogP contribution is -2.29. The molecule has 108 valence electrons. The van der Waals surface area contributed by atoms with E-state index < -0.39 is 10.0 Å². The predicted octanol–water partition coefficient (Wildman–Crippen LogP) is 1.82. The zero-order chi connectivity index (χ0) is 14.5. The van der Waals surface area contributed by atoms with E-state index in [0.29, 0.717) is 36.3 Å². The fourth-order valence-corrected chi connectivity index (χ4v) is 3.44. The second kappa shape index (κ2) is 7.23. The van der Waals surface area contributed by atoms with E-state index in [1.165, 1.54) is 4.31 Å². The van der Waals surface area contributed by atoms with E-state index in [4.69, 9.17) is 10.5 Å². The minimum Gasteiger partial charge on any atom is -0.492 e. The summed E-state index contributed by atoms with van der Waals surface area (Å²) >= 11 is 3.28. The van der Waals surface area contributed by atoms with Gasteiger partial charge in [0.15, 0.2) is 0 Å². The number of sulfonamides is 1. The lowest BCUT2D eigenvalue weighted by molar-refractivity contribution is 0.329. The summed E-state index contributed by atoms with van der Waals surface area (Å²) in [5.41, 5.74) is 5.41. The molecule has 2 N–H and O–H groups in total. The van der Waals surface area contributed by atoms with Crippen molar-refractivity contribution in [1.82, 2.24) is 4.31 Å². The molecule has 0 spiro atoms. The van der Waals surface area contributed by atoms with E-state index in [-0.39, 0.29) is 4.90 Å². The van der Waals surface area contributed by atoms with Crippen molar-refractivity contribution in [2.75, 3.05) is 26.7 Å². The summed E-state index contributed by atoms with van der Waals surface area (Å²) in [6, 6.07) is 4.96. The molecule has 0 radical (unpaired) electrons. The smallest absolute Gasteiger partial charge is 0.246 e. The molecule has 0 fully saturated rings. The van der Waals surface area contributed by atoms with Gasteiger partial charge in [-0.05, 0) is 38.1 Å². The minimum atomic E-state index is -3.56. The Bertz CT molecular complexity index is 520. The summed E-state index contributed by atoms with van der Waals surface area (Å²) in [5.74, 6) is 0.366. The van der Waals surface area contributed by atoms with Crippen LogP contribution in [0.25, 0.3) is 0 Å². The Morgan fingerprint density at radius 3 is 2.68 bits per heavy atom. The molecule has 1 aromatic rings. The summed E-state index contributed by atoms with van der Waals surface area (Å²) in [6.07, 6.45) is 0.619. The quantitative estimate of drug-likeness (QED) is 0.813. The highest BCUT2D eigenvalue weighted by molar-refractivity contribution is 9.10. The number of hydrogen-bond acceptors (Lipinski definition) is 4. The van der Waals surface area contributed by atoms with Crippen molar-refractivity contribution < 1.29 is 13.2 Å².